The van der Waals surface area contributed by atoms with E-state index in [0.29, 0.717) is 17.1 Å². The van der Waals surface area contributed by atoms with Crippen LogP contribution < -0.4 is 0 Å². The van der Waals surface area contributed by atoms with E-state index >= 15 is 0 Å². The highest BCUT2D eigenvalue weighted by Gasteiger charge is 2.58. The lowest BCUT2D eigenvalue weighted by atomic mass is 9.48. The van der Waals surface area contributed by atoms with Crippen molar-refractivity contribution < 1.29 is 9.53 Å². The van der Waals surface area contributed by atoms with Crippen LogP contribution in [0.4, 0.5) is 0 Å². The third kappa shape index (κ3) is 2.10. The molecular weight excluding hydrogens is 296 g/mol. The van der Waals surface area contributed by atoms with Gasteiger partial charge >= 0.3 is 0 Å². The summed E-state index contributed by atoms with van der Waals surface area (Å²) in [6.45, 7) is 6.75. The quantitative estimate of drug-likeness (QED) is 0.688. The summed E-state index contributed by atoms with van der Waals surface area (Å²) in [7, 11) is 1.80. The number of carbonyl (C=O) groups excluding carboxylic acids is 1. The van der Waals surface area contributed by atoms with Crippen LogP contribution >= 0.6 is 0 Å². The van der Waals surface area contributed by atoms with Crippen molar-refractivity contribution in [3.63, 3.8) is 0 Å². The molecule has 2 heteroatoms. The second-order valence-electron chi connectivity index (χ2n) is 9.29. The lowest BCUT2D eigenvalue weighted by Gasteiger charge is -2.56. The Kier molecular flexibility index (Phi) is 3.75. The van der Waals surface area contributed by atoms with Crippen molar-refractivity contribution in [2.24, 2.45) is 34.5 Å². The number of ketones is 1. The summed E-state index contributed by atoms with van der Waals surface area (Å²) in [5.41, 5.74) is 2.11. The number of fused-ring (bicyclic) bond motifs is 5. The first-order valence-electron chi connectivity index (χ1n) is 9.86. The summed E-state index contributed by atoms with van der Waals surface area (Å²) in [6.07, 6.45) is 13.3. The van der Waals surface area contributed by atoms with Crippen LogP contribution in [0.3, 0.4) is 0 Å². The Morgan fingerprint density at radius 3 is 2.67 bits per heavy atom. The first kappa shape index (κ1) is 16.4. The molecule has 0 saturated heterocycles. The molecule has 4 rings (SSSR count). The van der Waals surface area contributed by atoms with Crippen LogP contribution in [0.2, 0.25) is 0 Å². The fourth-order valence-corrected chi connectivity index (χ4v) is 7.13. The van der Waals surface area contributed by atoms with E-state index in [1.54, 1.807) is 7.11 Å². The zero-order valence-electron chi connectivity index (χ0n) is 15.7. The lowest BCUT2D eigenvalue weighted by Crippen LogP contribution is -2.49. The van der Waals surface area contributed by atoms with Gasteiger partial charge in [0.25, 0.3) is 0 Å². The molecule has 0 aromatic heterocycles. The molecule has 0 heterocycles. The number of methoxy groups -OCH3 is 1. The largest absolute Gasteiger partial charge is 0.501 e. The summed E-state index contributed by atoms with van der Waals surface area (Å²) in [4.78, 5) is 12.2. The fraction of sp³-hybridized carbons (Fsp3) is 0.773. The molecular formula is C22H32O2. The maximum absolute atomic E-state index is 12.2. The topological polar surface area (TPSA) is 26.3 Å². The van der Waals surface area contributed by atoms with E-state index in [1.165, 1.54) is 37.7 Å². The van der Waals surface area contributed by atoms with E-state index in [2.05, 4.69) is 26.0 Å². The smallest absolute Gasteiger partial charge is 0.133 e. The van der Waals surface area contributed by atoms with Crippen LogP contribution in [-0.4, -0.2) is 12.9 Å². The molecule has 0 aliphatic heterocycles. The molecule has 24 heavy (non-hydrogen) atoms. The van der Waals surface area contributed by atoms with Gasteiger partial charge in [-0.2, -0.15) is 0 Å². The molecule has 0 spiro atoms. The van der Waals surface area contributed by atoms with Crippen molar-refractivity contribution in [3.8, 4) is 0 Å². The maximum atomic E-state index is 12.2. The molecule has 6 atom stereocenters. The van der Waals surface area contributed by atoms with Crippen molar-refractivity contribution in [2.45, 2.75) is 65.7 Å². The molecule has 2 nitrogen and oxygen atoms in total. The zero-order valence-corrected chi connectivity index (χ0v) is 15.7. The fourth-order valence-electron chi connectivity index (χ4n) is 7.13. The summed E-state index contributed by atoms with van der Waals surface area (Å²) in [5.74, 6) is 4.20. The summed E-state index contributed by atoms with van der Waals surface area (Å²) in [6, 6.07) is 0. The minimum absolute atomic E-state index is 0.261. The summed E-state index contributed by atoms with van der Waals surface area (Å²) in [5, 5.41) is 0. The number of ether oxygens (including phenoxy) is 1. The maximum Gasteiger partial charge on any atom is 0.133 e. The Morgan fingerprint density at radius 2 is 1.96 bits per heavy atom. The van der Waals surface area contributed by atoms with E-state index in [-0.39, 0.29) is 5.41 Å². The van der Waals surface area contributed by atoms with Crippen molar-refractivity contribution in [2.75, 3.05) is 7.11 Å². The summed E-state index contributed by atoms with van der Waals surface area (Å²) < 4.78 is 5.53. The highest BCUT2D eigenvalue weighted by molar-refractivity contribution is 5.79. The standard InChI is InChI=1S/C22H32O2/c1-14(23)18-7-8-19-17-6-5-15-13-16(24-4)9-11-21(15,2)20(17)10-12-22(18,19)3/h5,13,17-20H,6-12H2,1-4H3/t17-,18+,19-,20-,21-,22-/m1/s1. The normalized spacial score (nSPS) is 47.0. The van der Waals surface area contributed by atoms with Crippen molar-refractivity contribution >= 4 is 5.78 Å². The van der Waals surface area contributed by atoms with Crippen LogP contribution in [0.1, 0.15) is 65.7 Å². The molecule has 0 aromatic rings. The van der Waals surface area contributed by atoms with E-state index in [1.807, 2.05) is 6.92 Å². The molecule has 4 aliphatic rings. The monoisotopic (exact) mass is 328 g/mol. The molecule has 0 amide bonds. The van der Waals surface area contributed by atoms with Gasteiger partial charge in [0.2, 0.25) is 0 Å². The van der Waals surface area contributed by atoms with E-state index in [4.69, 9.17) is 4.74 Å². The van der Waals surface area contributed by atoms with Gasteiger partial charge in [0.05, 0.1) is 12.9 Å². The first-order chi connectivity index (χ1) is 11.4. The third-order valence-corrected chi connectivity index (χ3v) is 8.49. The van der Waals surface area contributed by atoms with E-state index in [0.717, 1.165) is 36.4 Å². The van der Waals surface area contributed by atoms with Crippen LogP contribution in [0.25, 0.3) is 0 Å². The molecule has 132 valence electrons. The van der Waals surface area contributed by atoms with Gasteiger partial charge in [-0.1, -0.05) is 19.9 Å². The molecule has 0 radical (unpaired) electrons. The Balaban J connectivity index is 1.68. The van der Waals surface area contributed by atoms with Crippen LogP contribution in [0, 0.1) is 34.5 Å². The predicted octanol–water partition coefficient (Wildman–Crippen LogP) is 5.29. The summed E-state index contributed by atoms with van der Waals surface area (Å²) >= 11 is 0. The van der Waals surface area contributed by atoms with Crippen molar-refractivity contribution in [1.29, 1.82) is 0 Å². The Hall–Kier alpha value is -1.05. The molecule has 0 aromatic carbocycles. The highest BCUT2D eigenvalue weighted by atomic mass is 16.5. The van der Waals surface area contributed by atoms with Crippen LogP contribution in [-0.2, 0) is 9.53 Å². The lowest BCUT2D eigenvalue weighted by molar-refractivity contribution is -0.127. The van der Waals surface area contributed by atoms with Crippen LogP contribution in [0.5, 0.6) is 0 Å². The first-order valence-corrected chi connectivity index (χ1v) is 9.86. The van der Waals surface area contributed by atoms with Gasteiger partial charge in [-0.25, -0.2) is 0 Å². The van der Waals surface area contributed by atoms with Gasteiger partial charge in [-0.05, 0) is 85.7 Å². The SMILES string of the molecule is COC1=CC2=CC[C@@H]3[C@H]4CC[C@@H](C(C)=O)[C@@]4(C)CC[C@H]3[C@]2(C)CC1. The van der Waals surface area contributed by atoms with Crippen molar-refractivity contribution in [3.05, 3.63) is 23.5 Å². The Labute approximate surface area is 146 Å². The van der Waals surface area contributed by atoms with Gasteiger partial charge in [0.1, 0.15) is 5.78 Å². The van der Waals surface area contributed by atoms with E-state index in [9.17, 15) is 4.79 Å². The third-order valence-electron chi connectivity index (χ3n) is 8.49. The number of carbonyl (C=O) groups is 1. The van der Waals surface area contributed by atoms with Gasteiger partial charge in [0, 0.05) is 12.3 Å². The second kappa shape index (κ2) is 5.47. The number of allylic oxidation sites excluding steroid dienone is 4. The van der Waals surface area contributed by atoms with Crippen LogP contribution in [0.15, 0.2) is 23.5 Å². The predicted molar refractivity (Wildman–Crippen MR) is 96.3 cm³/mol. The number of Topliss-reactive ketones (excluding diaryl/α,β-unsaturated/α-hetero) is 1. The highest BCUT2D eigenvalue weighted by Crippen LogP contribution is 2.66. The number of rotatable bonds is 2. The molecule has 2 fully saturated rings. The van der Waals surface area contributed by atoms with Gasteiger partial charge in [-0.15, -0.1) is 0 Å². The molecule has 0 unspecified atom stereocenters. The van der Waals surface area contributed by atoms with Gasteiger partial charge in [0.15, 0.2) is 0 Å². The number of hydrogen-bond donors (Lipinski definition) is 0. The number of hydrogen-bond acceptors (Lipinski definition) is 2. The molecule has 4 aliphatic carbocycles. The average Bonchev–Trinajstić information content (AvgIpc) is 2.91. The second-order valence-corrected chi connectivity index (χ2v) is 9.29. The van der Waals surface area contributed by atoms with Gasteiger partial charge in [-0.3, -0.25) is 4.79 Å². The Bertz CT molecular complexity index is 615. The van der Waals surface area contributed by atoms with E-state index < -0.39 is 0 Å². The van der Waals surface area contributed by atoms with Gasteiger partial charge < -0.3 is 4.74 Å². The zero-order chi connectivity index (χ0) is 17.1. The molecule has 2 saturated carbocycles. The average molecular weight is 328 g/mol. The Morgan fingerprint density at radius 1 is 1.17 bits per heavy atom. The van der Waals surface area contributed by atoms with Crippen molar-refractivity contribution in [1.82, 2.24) is 0 Å². The molecule has 0 bridgehead atoms. The minimum Gasteiger partial charge on any atom is -0.501 e. The minimum atomic E-state index is 0.261. The molecule has 0 N–H and O–H groups in total.